The predicted molar refractivity (Wildman–Crippen MR) is 69.0 cm³/mol. The summed E-state index contributed by atoms with van der Waals surface area (Å²) in [5.41, 5.74) is 3.41. The first kappa shape index (κ1) is 13.1. The third kappa shape index (κ3) is 2.73. The van der Waals surface area contributed by atoms with Gasteiger partial charge in [0, 0.05) is 6.20 Å². The number of carboxylic acids is 1. The van der Waals surface area contributed by atoms with E-state index < -0.39 is 5.97 Å². The summed E-state index contributed by atoms with van der Waals surface area (Å²) in [4.78, 5) is 26.5. The van der Waals surface area contributed by atoms with Crippen LogP contribution in [0.25, 0.3) is 5.65 Å². The Kier molecular flexibility index (Phi) is 3.50. The van der Waals surface area contributed by atoms with Crippen LogP contribution in [0.1, 0.15) is 17.0 Å². The number of nitrogens with zero attached hydrogens (tertiary/aromatic N) is 2. The largest absolute Gasteiger partial charge is 0.480 e. The van der Waals surface area contributed by atoms with Crippen LogP contribution in [0, 0.1) is 13.8 Å². The number of nitrogens with one attached hydrogen (secondary N) is 1. The van der Waals surface area contributed by atoms with Gasteiger partial charge in [-0.2, -0.15) is 0 Å². The van der Waals surface area contributed by atoms with E-state index in [0.717, 1.165) is 22.6 Å². The highest BCUT2D eigenvalue weighted by atomic mass is 16.4. The van der Waals surface area contributed by atoms with Crippen LogP contribution >= 0.6 is 0 Å². The maximum Gasteiger partial charge on any atom is 0.322 e. The molecule has 0 aliphatic carbocycles. The molecule has 19 heavy (non-hydrogen) atoms. The van der Waals surface area contributed by atoms with Crippen LogP contribution in [0.4, 0.5) is 0 Å². The molecule has 0 radical (unpaired) electrons. The van der Waals surface area contributed by atoms with Crippen molar-refractivity contribution in [1.82, 2.24) is 14.7 Å². The highest BCUT2D eigenvalue weighted by Gasteiger charge is 2.14. The van der Waals surface area contributed by atoms with Crippen molar-refractivity contribution in [3.63, 3.8) is 0 Å². The van der Waals surface area contributed by atoms with Crippen molar-refractivity contribution < 1.29 is 14.7 Å². The molecule has 0 spiro atoms. The van der Waals surface area contributed by atoms with Crippen molar-refractivity contribution in [1.29, 1.82) is 0 Å². The van der Waals surface area contributed by atoms with Crippen molar-refractivity contribution in [2.24, 2.45) is 0 Å². The number of pyridine rings is 1. The lowest BCUT2D eigenvalue weighted by Gasteiger charge is -2.04. The van der Waals surface area contributed by atoms with Crippen LogP contribution in [0.2, 0.25) is 0 Å². The maximum atomic E-state index is 11.7. The molecule has 1 amide bonds. The fourth-order valence-electron chi connectivity index (χ4n) is 1.97. The number of carbonyl (C=O) groups excluding carboxylic acids is 1. The monoisotopic (exact) mass is 261 g/mol. The van der Waals surface area contributed by atoms with Gasteiger partial charge in [0.1, 0.15) is 12.2 Å². The first-order valence-corrected chi connectivity index (χ1v) is 5.90. The first-order valence-electron chi connectivity index (χ1n) is 5.90. The van der Waals surface area contributed by atoms with Gasteiger partial charge < -0.3 is 14.8 Å². The van der Waals surface area contributed by atoms with Crippen molar-refractivity contribution in [3.8, 4) is 0 Å². The van der Waals surface area contributed by atoms with Gasteiger partial charge in [0.25, 0.3) is 0 Å². The third-order valence-corrected chi connectivity index (χ3v) is 2.91. The summed E-state index contributed by atoms with van der Waals surface area (Å²) in [7, 11) is 0. The van der Waals surface area contributed by atoms with Gasteiger partial charge in [0.05, 0.1) is 17.8 Å². The molecule has 0 bridgehead atoms. The highest BCUT2D eigenvalue weighted by molar-refractivity contribution is 5.82. The molecule has 100 valence electrons. The zero-order valence-electron chi connectivity index (χ0n) is 10.8. The predicted octanol–water partition coefficient (Wildman–Crippen LogP) is 0.694. The number of rotatable bonds is 4. The second-order valence-electron chi connectivity index (χ2n) is 4.38. The minimum atomic E-state index is -1.06. The number of imidazole rings is 1. The van der Waals surface area contributed by atoms with Crippen molar-refractivity contribution >= 4 is 17.5 Å². The number of hydrogen-bond acceptors (Lipinski definition) is 3. The molecular formula is C13H15N3O3. The lowest BCUT2D eigenvalue weighted by atomic mass is 10.2. The molecular weight excluding hydrogens is 246 g/mol. The van der Waals surface area contributed by atoms with E-state index >= 15 is 0 Å². The molecule has 0 saturated carbocycles. The average molecular weight is 261 g/mol. The maximum absolute atomic E-state index is 11.7. The number of hydrogen-bond donors (Lipinski definition) is 2. The topological polar surface area (TPSA) is 83.7 Å². The number of carboxylic acid groups (broad SMARTS) is 1. The molecule has 0 fully saturated rings. The molecule has 2 N–H and O–H groups in total. The summed E-state index contributed by atoms with van der Waals surface area (Å²) < 4.78 is 1.87. The summed E-state index contributed by atoms with van der Waals surface area (Å²) >= 11 is 0. The van der Waals surface area contributed by atoms with Gasteiger partial charge in [-0.3, -0.25) is 9.59 Å². The molecule has 0 aromatic carbocycles. The summed E-state index contributed by atoms with van der Waals surface area (Å²) in [6.45, 7) is 3.43. The van der Waals surface area contributed by atoms with Gasteiger partial charge >= 0.3 is 5.97 Å². The number of aryl methyl sites for hydroxylation is 2. The Morgan fingerprint density at radius 2 is 2.16 bits per heavy atom. The van der Waals surface area contributed by atoms with E-state index in [1.54, 1.807) is 0 Å². The van der Waals surface area contributed by atoms with Gasteiger partial charge in [-0.15, -0.1) is 0 Å². The van der Waals surface area contributed by atoms with E-state index in [0.29, 0.717) is 0 Å². The Labute approximate surface area is 110 Å². The molecule has 6 nitrogen and oxygen atoms in total. The van der Waals surface area contributed by atoms with E-state index in [1.165, 1.54) is 0 Å². The minimum absolute atomic E-state index is 0.115. The number of fused-ring (bicyclic) bond motifs is 1. The Morgan fingerprint density at radius 3 is 2.84 bits per heavy atom. The molecule has 0 atom stereocenters. The molecule has 6 heteroatoms. The van der Waals surface area contributed by atoms with E-state index in [4.69, 9.17) is 5.11 Å². The van der Waals surface area contributed by atoms with E-state index in [9.17, 15) is 9.59 Å². The van der Waals surface area contributed by atoms with Crippen LogP contribution in [0.3, 0.4) is 0 Å². The molecule has 0 unspecified atom stereocenters. The molecule has 2 rings (SSSR count). The molecule has 2 heterocycles. The second kappa shape index (κ2) is 5.09. The van der Waals surface area contributed by atoms with Crippen LogP contribution in [0.5, 0.6) is 0 Å². The number of carbonyl (C=O) groups is 2. The Hall–Kier alpha value is -2.37. The normalized spacial score (nSPS) is 10.6. The van der Waals surface area contributed by atoms with Crippen LogP contribution in [-0.4, -0.2) is 32.9 Å². The van der Waals surface area contributed by atoms with E-state index in [2.05, 4.69) is 10.3 Å². The first-order chi connectivity index (χ1) is 8.99. The zero-order chi connectivity index (χ0) is 14.0. The van der Waals surface area contributed by atoms with E-state index in [-0.39, 0.29) is 18.9 Å². The van der Waals surface area contributed by atoms with Gasteiger partial charge in [0.2, 0.25) is 5.91 Å². The number of amides is 1. The summed E-state index contributed by atoms with van der Waals surface area (Å²) in [5, 5.41) is 10.9. The Morgan fingerprint density at radius 1 is 1.42 bits per heavy atom. The van der Waals surface area contributed by atoms with Gasteiger partial charge in [0.15, 0.2) is 0 Å². The zero-order valence-corrected chi connectivity index (χ0v) is 10.8. The third-order valence-electron chi connectivity index (χ3n) is 2.91. The van der Waals surface area contributed by atoms with Crippen molar-refractivity contribution in [2.45, 2.75) is 20.3 Å². The number of aromatic nitrogens is 2. The summed E-state index contributed by atoms with van der Waals surface area (Å²) in [6.07, 6.45) is 1.96. The van der Waals surface area contributed by atoms with Crippen LogP contribution in [0.15, 0.2) is 18.3 Å². The fourth-order valence-corrected chi connectivity index (χ4v) is 1.97. The SMILES string of the molecule is Cc1nc2c(C)cccn2c1CC(=O)NCC(=O)O. The number of aliphatic carboxylic acids is 1. The molecule has 2 aromatic heterocycles. The van der Waals surface area contributed by atoms with Gasteiger partial charge in [-0.1, -0.05) is 6.07 Å². The highest BCUT2D eigenvalue weighted by Crippen LogP contribution is 2.15. The van der Waals surface area contributed by atoms with E-state index in [1.807, 2.05) is 36.6 Å². The summed E-state index contributed by atoms with van der Waals surface area (Å²) in [5.74, 6) is -1.38. The quantitative estimate of drug-likeness (QED) is 0.848. The molecule has 0 saturated heterocycles. The van der Waals surface area contributed by atoms with Crippen LogP contribution < -0.4 is 5.32 Å². The Balaban J connectivity index is 2.25. The standard InChI is InChI=1S/C13H15N3O3/c1-8-4-3-5-16-10(9(2)15-13(8)16)6-11(17)14-7-12(18)19/h3-5H,6-7H2,1-2H3,(H,14,17)(H,18,19). The average Bonchev–Trinajstić information content (AvgIpc) is 2.66. The van der Waals surface area contributed by atoms with Gasteiger partial charge in [-0.05, 0) is 25.5 Å². The smallest absolute Gasteiger partial charge is 0.322 e. The van der Waals surface area contributed by atoms with Crippen molar-refractivity contribution in [3.05, 3.63) is 35.3 Å². The fraction of sp³-hybridized carbons (Fsp3) is 0.308. The minimum Gasteiger partial charge on any atom is -0.480 e. The summed E-state index contributed by atoms with van der Waals surface area (Å²) in [6, 6.07) is 3.85. The van der Waals surface area contributed by atoms with Crippen LogP contribution in [-0.2, 0) is 16.0 Å². The van der Waals surface area contributed by atoms with Gasteiger partial charge in [-0.25, -0.2) is 4.98 Å². The Bertz CT molecular complexity index is 646. The van der Waals surface area contributed by atoms with Crippen molar-refractivity contribution in [2.75, 3.05) is 6.54 Å². The molecule has 2 aromatic rings. The second-order valence-corrected chi connectivity index (χ2v) is 4.38. The lowest BCUT2D eigenvalue weighted by Crippen LogP contribution is -2.30. The molecule has 0 aliphatic rings. The molecule has 0 aliphatic heterocycles. The lowest BCUT2D eigenvalue weighted by molar-refractivity contribution is -0.137.